The van der Waals surface area contributed by atoms with Gasteiger partial charge in [-0.15, -0.1) is 0 Å². The van der Waals surface area contributed by atoms with Crippen LogP contribution in [0.25, 0.3) is 0 Å². The molecule has 0 heterocycles. The minimum atomic E-state index is -0.228. The number of hydrogen-bond acceptors (Lipinski definition) is 3. The molecule has 0 aromatic heterocycles. The monoisotopic (exact) mass is 345 g/mol. The van der Waals surface area contributed by atoms with E-state index >= 15 is 0 Å². The first-order chi connectivity index (χ1) is 10.1. The first kappa shape index (κ1) is 15.3. The number of amides is 1. The molecule has 0 saturated carbocycles. The second-order valence-corrected chi connectivity index (χ2v) is 5.61. The molecule has 0 fully saturated rings. The number of nitrogens with zero attached hydrogens (tertiary/aromatic N) is 2. The third-order valence-electron chi connectivity index (χ3n) is 2.90. The van der Waals surface area contributed by atoms with Gasteiger partial charge in [-0.1, -0.05) is 28.1 Å². The van der Waals surface area contributed by atoms with Crippen molar-refractivity contribution in [3.8, 4) is 0 Å². The van der Waals surface area contributed by atoms with Crippen molar-refractivity contribution in [3.63, 3.8) is 0 Å². The third-order valence-corrected chi connectivity index (χ3v) is 3.42. The molecule has 0 unspecified atom stereocenters. The summed E-state index contributed by atoms with van der Waals surface area (Å²) in [6.45, 7) is 0. The molecule has 0 aliphatic heterocycles. The van der Waals surface area contributed by atoms with E-state index in [0.717, 1.165) is 15.7 Å². The fourth-order valence-electron chi connectivity index (χ4n) is 1.69. The number of rotatable bonds is 4. The smallest absolute Gasteiger partial charge is 0.271 e. The van der Waals surface area contributed by atoms with E-state index in [4.69, 9.17) is 0 Å². The molecule has 0 atom stereocenters. The zero-order chi connectivity index (χ0) is 15.2. The van der Waals surface area contributed by atoms with Gasteiger partial charge in [-0.2, -0.15) is 5.10 Å². The Balaban J connectivity index is 1.96. The topological polar surface area (TPSA) is 44.7 Å². The maximum absolute atomic E-state index is 11.9. The zero-order valence-corrected chi connectivity index (χ0v) is 13.5. The molecule has 108 valence electrons. The molecule has 0 spiro atoms. The Morgan fingerprint density at radius 3 is 2.29 bits per heavy atom. The molecular formula is C16H16BrN3O. The van der Waals surface area contributed by atoms with Gasteiger partial charge in [0.05, 0.1) is 6.21 Å². The minimum Gasteiger partial charge on any atom is -0.378 e. The largest absolute Gasteiger partial charge is 0.378 e. The molecule has 1 amide bonds. The lowest BCUT2D eigenvalue weighted by molar-refractivity contribution is 0.0955. The molecule has 2 aromatic carbocycles. The van der Waals surface area contributed by atoms with Crippen LogP contribution in [0.2, 0.25) is 0 Å². The SMILES string of the molecule is CN(C)c1ccc(C(=O)N/N=C\c2ccc(Br)cc2)cc1. The van der Waals surface area contributed by atoms with Crippen molar-refractivity contribution < 1.29 is 4.79 Å². The number of carbonyl (C=O) groups excluding carboxylic acids is 1. The van der Waals surface area contributed by atoms with E-state index < -0.39 is 0 Å². The highest BCUT2D eigenvalue weighted by Gasteiger charge is 2.04. The van der Waals surface area contributed by atoms with Gasteiger partial charge in [0.25, 0.3) is 5.91 Å². The first-order valence-corrected chi connectivity index (χ1v) is 7.22. The number of carbonyl (C=O) groups is 1. The zero-order valence-electron chi connectivity index (χ0n) is 11.9. The number of halogens is 1. The normalized spacial score (nSPS) is 10.6. The molecule has 2 rings (SSSR count). The molecule has 21 heavy (non-hydrogen) atoms. The molecule has 2 aromatic rings. The summed E-state index contributed by atoms with van der Waals surface area (Å²) >= 11 is 3.37. The lowest BCUT2D eigenvalue weighted by Gasteiger charge is -2.12. The van der Waals surface area contributed by atoms with Crippen molar-refractivity contribution in [1.29, 1.82) is 0 Å². The van der Waals surface area contributed by atoms with E-state index in [9.17, 15) is 4.79 Å². The van der Waals surface area contributed by atoms with Crippen LogP contribution in [0.1, 0.15) is 15.9 Å². The summed E-state index contributed by atoms with van der Waals surface area (Å²) in [7, 11) is 3.91. The summed E-state index contributed by atoms with van der Waals surface area (Å²) in [5.74, 6) is -0.228. The van der Waals surface area contributed by atoms with Gasteiger partial charge in [-0.05, 0) is 42.0 Å². The van der Waals surface area contributed by atoms with Crippen molar-refractivity contribution in [2.75, 3.05) is 19.0 Å². The van der Waals surface area contributed by atoms with Crippen LogP contribution in [-0.2, 0) is 0 Å². The van der Waals surface area contributed by atoms with Crippen molar-refractivity contribution in [2.24, 2.45) is 5.10 Å². The highest BCUT2D eigenvalue weighted by Crippen LogP contribution is 2.12. The quantitative estimate of drug-likeness (QED) is 0.682. The van der Waals surface area contributed by atoms with Crippen LogP contribution in [0.5, 0.6) is 0 Å². The van der Waals surface area contributed by atoms with Crippen molar-refractivity contribution in [1.82, 2.24) is 5.43 Å². The molecule has 5 heteroatoms. The van der Waals surface area contributed by atoms with E-state index in [1.807, 2.05) is 55.4 Å². The Morgan fingerprint density at radius 1 is 1.10 bits per heavy atom. The predicted molar refractivity (Wildman–Crippen MR) is 90.0 cm³/mol. The van der Waals surface area contributed by atoms with Gasteiger partial charge in [0.15, 0.2) is 0 Å². The van der Waals surface area contributed by atoms with Crippen molar-refractivity contribution in [2.45, 2.75) is 0 Å². The summed E-state index contributed by atoms with van der Waals surface area (Å²) in [6.07, 6.45) is 1.61. The van der Waals surface area contributed by atoms with E-state index in [0.29, 0.717) is 5.56 Å². The first-order valence-electron chi connectivity index (χ1n) is 6.42. The number of hydrazone groups is 1. The maximum atomic E-state index is 11.9. The van der Waals surface area contributed by atoms with Gasteiger partial charge in [0.1, 0.15) is 0 Å². The average Bonchev–Trinajstić information content (AvgIpc) is 2.49. The number of nitrogens with one attached hydrogen (secondary N) is 1. The predicted octanol–water partition coefficient (Wildman–Crippen LogP) is 3.28. The average molecular weight is 346 g/mol. The molecule has 0 saturated heterocycles. The van der Waals surface area contributed by atoms with Crippen LogP contribution in [0, 0.1) is 0 Å². The molecule has 1 N–H and O–H groups in total. The lowest BCUT2D eigenvalue weighted by Crippen LogP contribution is -2.17. The summed E-state index contributed by atoms with van der Waals surface area (Å²) in [5.41, 5.74) is 5.06. The molecule has 0 aliphatic rings. The molecule has 0 radical (unpaired) electrons. The minimum absolute atomic E-state index is 0.228. The summed E-state index contributed by atoms with van der Waals surface area (Å²) in [4.78, 5) is 13.9. The Bertz CT molecular complexity index is 634. The van der Waals surface area contributed by atoms with Gasteiger partial charge in [-0.25, -0.2) is 5.43 Å². The van der Waals surface area contributed by atoms with Crippen LogP contribution in [0.3, 0.4) is 0 Å². The van der Waals surface area contributed by atoms with Crippen LogP contribution < -0.4 is 10.3 Å². The lowest BCUT2D eigenvalue weighted by atomic mass is 10.2. The van der Waals surface area contributed by atoms with Gasteiger partial charge >= 0.3 is 0 Å². The fraction of sp³-hybridized carbons (Fsp3) is 0.125. The van der Waals surface area contributed by atoms with Crippen LogP contribution >= 0.6 is 15.9 Å². The fourth-order valence-corrected chi connectivity index (χ4v) is 1.95. The van der Waals surface area contributed by atoms with E-state index in [-0.39, 0.29) is 5.91 Å². The van der Waals surface area contributed by atoms with Crippen molar-refractivity contribution >= 4 is 33.7 Å². The Hall–Kier alpha value is -2.14. The van der Waals surface area contributed by atoms with E-state index in [1.165, 1.54) is 0 Å². The van der Waals surface area contributed by atoms with Crippen LogP contribution in [0.15, 0.2) is 58.1 Å². The van der Waals surface area contributed by atoms with E-state index in [1.54, 1.807) is 18.3 Å². The Kier molecular flexibility index (Phi) is 5.11. The highest BCUT2D eigenvalue weighted by atomic mass is 79.9. The Morgan fingerprint density at radius 2 is 1.71 bits per heavy atom. The highest BCUT2D eigenvalue weighted by molar-refractivity contribution is 9.10. The standard InChI is InChI=1S/C16H16BrN3O/c1-20(2)15-9-5-13(6-10-15)16(21)19-18-11-12-3-7-14(17)8-4-12/h3-11H,1-2H3,(H,19,21)/b18-11-. The molecule has 0 aliphatic carbocycles. The van der Waals surface area contributed by atoms with Gasteiger partial charge in [0.2, 0.25) is 0 Å². The van der Waals surface area contributed by atoms with Gasteiger partial charge in [-0.3, -0.25) is 4.79 Å². The second kappa shape index (κ2) is 7.04. The Labute approximate surface area is 132 Å². The van der Waals surface area contributed by atoms with E-state index in [2.05, 4.69) is 26.5 Å². The summed E-state index contributed by atoms with van der Waals surface area (Å²) in [6, 6.07) is 15.0. The molecular weight excluding hydrogens is 330 g/mol. The van der Waals surface area contributed by atoms with Crippen molar-refractivity contribution in [3.05, 3.63) is 64.1 Å². The van der Waals surface area contributed by atoms with Crippen LogP contribution in [0.4, 0.5) is 5.69 Å². The van der Waals surface area contributed by atoms with Gasteiger partial charge < -0.3 is 4.90 Å². The third kappa shape index (κ3) is 4.43. The van der Waals surface area contributed by atoms with Crippen LogP contribution in [-0.4, -0.2) is 26.2 Å². The second-order valence-electron chi connectivity index (χ2n) is 4.69. The summed E-state index contributed by atoms with van der Waals surface area (Å²) < 4.78 is 1.00. The maximum Gasteiger partial charge on any atom is 0.271 e. The summed E-state index contributed by atoms with van der Waals surface area (Å²) in [5, 5.41) is 3.95. The van der Waals surface area contributed by atoms with Gasteiger partial charge in [0, 0.05) is 29.8 Å². The number of hydrogen-bond donors (Lipinski definition) is 1. The molecule has 4 nitrogen and oxygen atoms in total. The number of anilines is 1. The molecule has 0 bridgehead atoms. The number of benzene rings is 2.